The molecule has 3 rings (SSSR count). The molecule has 1 aromatic carbocycles. The second-order valence-corrected chi connectivity index (χ2v) is 5.06. The highest BCUT2D eigenvalue weighted by Crippen LogP contribution is 2.30. The summed E-state index contributed by atoms with van der Waals surface area (Å²) in [5.74, 6) is 0.854. The highest BCUT2D eigenvalue weighted by molar-refractivity contribution is 5.93. The number of pyridine rings is 1. The molecule has 0 saturated heterocycles. The minimum Gasteiger partial charge on any atom is -0.369 e. The Morgan fingerprint density at radius 1 is 1.00 bits per heavy atom. The summed E-state index contributed by atoms with van der Waals surface area (Å²) in [5, 5.41) is 13.1. The molecule has 2 heterocycles. The molecule has 0 spiro atoms. The van der Waals surface area contributed by atoms with Crippen molar-refractivity contribution in [2.75, 3.05) is 11.9 Å². The second kappa shape index (κ2) is 5.48. The van der Waals surface area contributed by atoms with Crippen molar-refractivity contribution in [3.63, 3.8) is 0 Å². The zero-order valence-corrected chi connectivity index (χ0v) is 12.5. The summed E-state index contributed by atoms with van der Waals surface area (Å²) in [5.41, 5.74) is 5.17. The van der Waals surface area contributed by atoms with E-state index in [0.717, 1.165) is 45.6 Å². The number of aromatic nitrogens is 3. The summed E-state index contributed by atoms with van der Waals surface area (Å²) < 4.78 is 0. The van der Waals surface area contributed by atoms with Crippen molar-refractivity contribution in [3.8, 4) is 11.3 Å². The minimum atomic E-state index is 0.837. The van der Waals surface area contributed by atoms with Crippen LogP contribution in [0.15, 0.2) is 36.5 Å². The molecule has 1 N–H and O–H groups in total. The molecule has 0 radical (unpaired) electrons. The normalized spacial score (nSPS) is 10.8. The number of hydrogen-bond acceptors (Lipinski definition) is 4. The third-order valence-corrected chi connectivity index (χ3v) is 3.75. The third kappa shape index (κ3) is 2.33. The van der Waals surface area contributed by atoms with E-state index in [1.54, 1.807) is 0 Å². The fourth-order valence-corrected chi connectivity index (χ4v) is 2.49. The van der Waals surface area contributed by atoms with Crippen LogP contribution in [0.4, 0.5) is 5.82 Å². The van der Waals surface area contributed by atoms with Crippen LogP contribution in [0.2, 0.25) is 0 Å². The van der Waals surface area contributed by atoms with Crippen molar-refractivity contribution < 1.29 is 0 Å². The van der Waals surface area contributed by atoms with Gasteiger partial charge in [0.2, 0.25) is 0 Å². The molecule has 0 atom stereocenters. The van der Waals surface area contributed by atoms with Gasteiger partial charge in [0, 0.05) is 23.7 Å². The van der Waals surface area contributed by atoms with Gasteiger partial charge in [-0.25, -0.2) is 0 Å². The van der Waals surface area contributed by atoms with Crippen LogP contribution in [0.3, 0.4) is 0 Å². The van der Waals surface area contributed by atoms with Gasteiger partial charge >= 0.3 is 0 Å². The van der Waals surface area contributed by atoms with Gasteiger partial charge in [-0.05, 0) is 38.0 Å². The first kappa shape index (κ1) is 13.5. The topological polar surface area (TPSA) is 50.7 Å². The SMILES string of the molecule is CCNc1nnc(-c2cccc3cccnc23)c(C)c1C. The zero-order valence-electron chi connectivity index (χ0n) is 12.5. The van der Waals surface area contributed by atoms with Crippen molar-refractivity contribution in [2.24, 2.45) is 0 Å². The van der Waals surface area contributed by atoms with E-state index >= 15 is 0 Å². The van der Waals surface area contributed by atoms with Crippen LogP contribution in [0, 0.1) is 13.8 Å². The van der Waals surface area contributed by atoms with Gasteiger partial charge < -0.3 is 5.32 Å². The molecule has 0 aliphatic carbocycles. The van der Waals surface area contributed by atoms with E-state index in [2.05, 4.69) is 59.5 Å². The van der Waals surface area contributed by atoms with Gasteiger partial charge in [-0.2, -0.15) is 0 Å². The van der Waals surface area contributed by atoms with Crippen LogP contribution < -0.4 is 5.32 Å². The Hall–Kier alpha value is -2.49. The number of hydrogen-bond donors (Lipinski definition) is 1. The molecular formula is C17H18N4. The molecule has 3 aromatic rings. The van der Waals surface area contributed by atoms with Crippen molar-refractivity contribution in [1.82, 2.24) is 15.2 Å². The lowest BCUT2D eigenvalue weighted by Crippen LogP contribution is -2.06. The fourth-order valence-electron chi connectivity index (χ4n) is 2.49. The summed E-state index contributed by atoms with van der Waals surface area (Å²) in [4.78, 5) is 4.50. The fraction of sp³-hybridized carbons (Fsp3) is 0.235. The molecule has 0 bridgehead atoms. The van der Waals surface area contributed by atoms with E-state index in [1.165, 1.54) is 0 Å². The largest absolute Gasteiger partial charge is 0.369 e. The number of fused-ring (bicyclic) bond motifs is 1. The van der Waals surface area contributed by atoms with Gasteiger partial charge in [-0.1, -0.05) is 24.3 Å². The van der Waals surface area contributed by atoms with E-state index in [-0.39, 0.29) is 0 Å². The lowest BCUT2D eigenvalue weighted by molar-refractivity contribution is 0.987. The Kier molecular flexibility index (Phi) is 3.52. The summed E-state index contributed by atoms with van der Waals surface area (Å²) in [7, 11) is 0. The van der Waals surface area contributed by atoms with E-state index < -0.39 is 0 Å². The van der Waals surface area contributed by atoms with Crippen LogP contribution in [-0.2, 0) is 0 Å². The summed E-state index contributed by atoms with van der Waals surface area (Å²) in [6, 6.07) is 10.2. The monoisotopic (exact) mass is 278 g/mol. The Labute approximate surface area is 124 Å². The quantitative estimate of drug-likeness (QED) is 0.793. The van der Waals surface area contributed by atoms with Crippen molar-refractivity contribution >= 4 is 16.7 Å². The van der Waals surface area contributed by atoms with Crippen molar-refractivity contribution in [3.05, 3.63) is 47.7 Å². The second-order valence-electron chi connectivity index (χ2n) is 5.06. The van der Waals surface area contributed by atoms with Gasteiger partial charge in [0.05, 0.1) is 11.2 Å². The smallest absolute Gasteiger partial charge is 0.151 e. The maximum Gasteiger partial charge on any atom is 0.151 e. The highest BCUT2D eigenvalue weighted by Gasteiger charge is 2.13. The van der Waals surface area contributed by atoms with E-state index in [0.29, 0.717) is 0 Å². The van der Waals surface area contributed by atoms with Gasteiger partial charge in [0.25, 0.3) is 0 Å². The van der Waals surface area contributed by atoms with Crippen LogP contribution >= 0.6 is 0 Å². The number of anilines is 1. The van der Waals surface area contributed by atoms with Gasteiger partial charge in [0.1, 0.15) is 0 Å². The van der Waals surface area contributed by atoms with Crippen molar-refractivity contribution in [2.45, 2.75) is 20.8 Å². The molecule has 0 amide bonds. The van der Waals surface area contributed by atoms with Crippen molar-refractivity contribution in [1.29, 1.82) is 0 Å². The van der Waals surface area contributed by atoms with Gasteiger partial charge in [0.15, 0.2) is 5.82 Å². The molecule has 21 heavy (non-hydrogen) atoms. The van der Waals surface area contributed by atoms with E-state index in [1.807, 2.05) is 18.3 Å². The molecule has 4 heteroatoms. The predicted octanol–water partition coefficient (Wildman–Crippen LogP) is 3.74. The Bertz CT molecular complexity index is 791. The number of rotatable bonds is 3. The molecule has 0 saturated carbocycles. The highest BCUT2D eigenvalue weighted by atomic mass is 15.2. The molecular weight excluding hydrogens is 260 g/mol. The Morgan fingerprint density at radius 2 is 1.81 bits per heavy atom. The zero-order chi connectivity index (χ0) is 14.8. The summed E-state index contributed by atoms with van der Waals surface area (Å²) in [6.45, 7) is 7.05. The first-order chi connectivity index (χ1) is 10.2. The lowest BCUT2D eigenvalue weighted by Gasteiger charge is -2.13. The predicted molar refractivity (Wildman–Crippen MR) is 86.4 cm³/mol. The maximum atomic E-state index is 4.50. The lowest BCUT2D eigenvalue weighted by atomic mass is 10.0. The van der Waals surface area contributed by atoms with Crippen LogP contribution in [-0.4, -0.2) is 21.7 Å². The molecule has 0 fully saturated rings. The number of benzene rings is 1. The Morgan fingerprint density at radius 3 is 2.62 bits per heavy atom. The molecule has 106 valence electrons. The first-order valence-corrected chi connectivity index (χ1v) is 7.14. The standard InChI is InChI=1S/C17H18N4/c1-4-18-17-12(3)11(2)15(20-21-17)14-9-5-7-13-8-6-10-19-16(13)14/h5-10H,4H2,1-3H3,(H,18,21). The molecule has 0 unspecified atom stereocenters. The number of nitrogens with zero attached hydrogens (tertiary/aromatic N) is 3. The molecule has 0 aliphatic rings. The van der Waals surface area contributed by atoms with E-state index in [9.17, 15) is 0 Å². The van der Waals surface area contributed by atoms with Gasteiger partial charge in [-0.3, -0.25) is 4.98 Å². The Balaban J connectivity index is 2.22. The molecule has 0 aliphatic heterocycles. The number of nitrogens with one attached hydrogen (secondary N) is 1. The molecule has 4 nitrogen and oxygen atoms in total. The molecule has 2 aromatic heterocycles. The van der Waals surface area contributed by atoms with Crippen LogP contribution in [0.1, 0.15) is 18.1 Å². The minimum absolute atomic E-state index is 0.837. The third-order valence-electron chi connectivity index (χ3n) is 3.75. The van der Waals surface area contributed by atoms with Crippen LogP contribution in [0.5, 0.6) is 0 Å². The number of para-hydroxylation sites is 1. The van der Waals surface area contributed by atoms with E-state index in [4.69, 9.17) is 0 Å². The average Bonchev–Trinajstić information content (AvgIpc) is 2.52. The van der Waals surface area contributed by atoms with Crippen LogP contribution in [0.25, 0.3) is 22.2 Å². The summed E-state index contributed by atoms with van der Waals surface area (Å²) >= 11 is 0. The van der Waals surface area contributed by atoms with Gasteiger partial charge in [-0.15, -0.1) is 10.2 Å². The summed E-state index contributed by atoms with van der Waals surface area (Å²) in [6.07, 6.45) is 1.81. The first-order valence-electron chi connectivity index (χ1n) is 7.14. The maximum absolute atomic E-state index is 4.50. The average molecular weight is 278 g/mol.